The zero-order chi connectivity index (χ0) is 11.7. The molecule has 0 aliphatic rings. The van der Waals surface area contributed by atoms with Gasteiger partial charge in [0.1, 0.15) is 17.2 Å². The number of rotatable bonds is 2. The van der Waals surface area contributed by atoms with Gasteiger partial charge in [-0.15, -0.1) is 5.10 Å². The van der Waals surface area contributed by atoms with Gasteiger partial charge in [0.25, 0.3) is 0 Å². The fourth-order valence-corrected chi connectivity index (χ4v) is 1.38. The van der Waals surface area contributed by atoms with E-state index in [4.69, 9.17) is 33.7 Å². The van der Waals surface area contributed by atoms with Crippen molar-refractivity contribution in [3.8, 4) is 11.9 Å². The number of hydrogen-bond acceptors (Lipinski definition) is 5. The summed E-state index contributed by atoms with van der Waals surface area (Å²) in [4.78, 5) is 7.74. The molecular formula is C8H7Cl2N5O. The number of nitrogens with zero attached hydrogens (tertiary/aromatic N) is 4. The van der Waals surface area contributed by atoms with E-state index in [2.05, 4.69) is 15.1 Å². The van der Waals surface area contributed by atoms with Crippen LogP contribution in [0.25, 0.3) is 0 Å². The largest absolute Gasteiger partial charge is 0.402 e. The van der Waals surface area contributed by atoms with Gasteiger partial charge in [-0.25, -0.2) is 0 Å². The van der Waals surface area contributed by atoms with Crippen LogP contribution in [0.15, 0.2) is 12.4 Å². The summed E-state index contributed by atoms with van der Waals surface area (Å²) in [5, 5.41) is 4.42. The number of anilines is 1. The molecule has 0 bridgehead atoms. The van der Waals surface area contributed by atoms with E-state index >= 15 is 0 Å². The standard InChI is InChI=1S/C8H7Cl2N5O/c1-15-3-12-8(14-15)16-7-5(10)2-4(9)6(11)13-7/h2-3H,1H3,(H2,11,13). The third-order valence-electron chi connectivity index (χ3n) is 1.69. The van der Waals surface area contributed by atoms with Gasteiger partial charge in [-0.2, -0.15) is 9.97 Å². The lowest BCUT2D eigenvalue weighted by molar-refractivity contribution is 0.423. The second-order valence-corrected chi connectivity index (χ2v) is 3.76. The highest BCUT2D eigenvalue weighted by Crippen LogP contribution is 2.30. The molecule has 2 rings (SSSR count). The summed E-state index contributed by atoms with van der Waals surface area (Å²) in [6.45, 7) is 0. The van der Waals surface area contributed by atoms with Gasteiger partial charge in [-0.1, -0.05) is 23.2 Å². The summed E-state index contributed by atoms with van der Waals surface area (Å²) in [7, 11) is 1.71. The van der Waals surface area contributed by atoms with Crippen molar-refractivity contribution < 1.29 is 4.74 Å². The van der Waals surface area contributed by atoms with E-state index in [9.17, 15) is 0 Å². The molecule has 0 aliphatic heterocycles. The van der Waals surface area contributed by atoms with E-state index in [1.165, 1.54) is 17.1 Å². The van der Waals surface area contributed by atoms with Crippen molar-refractivity contribution in [2.45, 2.75) is 0 Å². The molecule has 0 atom stereocenters. The third kappa shape index (κ3) is 2.17. The lowest BCUT2D eigenvalue weighted by Crippen LogP contribution is -1.97. The Morgan fingerprint density at radius 3 is 2.75 bits per heavy atom. The highest BCUT2D eigenvalue weighted by molar-refractivity contribution is 6.36. The van der Waals surface area contributed by atoms with E-state index in [1.54, 1.807) is 7.05 Å². The van der Waals surface area contributed by atoms with Crippen molar-refractivity contribution in [3.63, 3.8) is 0 Å². The molecule has 0 unspecified atom stereocenters. The summed E-state index contributed by atoms with van der Waals surface area (Å²) < 4.78 is 6.73. The van der Waals surface area contributed by atoms with E-state index < -0.39 is 0 Å². The number of ether oxygens (including phenoxy) is 1. The smallest absolute Gasteiger partial charge is 0.342 e. The Morgan fingerprint density at radius 1 is 1.38 bits per heavy atom. The van der Waals surface area contributed by atoms with E-state index in [0.717, 1.165) is 0 Å². The molecule has 0 aromatic carbocycles. The van der Waals surface area contributed by atoms with Gasteiger partial charge in [0.2, 0.25) is 5.88 Å². The number of pyridine rings is 1. The van der Waals surface area contributed by atoms with Crippen molar-refractivity contribution >= 4 is 29.0 Å². The first-order valence-corrected chi connectivity index (χ1v) is 4.97. The van der Waals surface area contributed by atoms with Crippen LogP contribution in [0.1, 0.15) is 0 Å². The fraction of sp³-hybridized carbons (Fsp3) is 0.125. The highest BCUT2D eigenvalue weighted by atomic mass is 35.5. The van der Waals surface area contributed by atoms with Crippen LogP contribution in [-0.2, 0) is 7.05 Å². The third-order valence-corrected chi connectivity index (χ3v) is 2.26. The number of aromatic nitrogens is 4. The van der Waals surface area contributed by atoms with E-state index in [-0.39, 0.29) is 27.8 Å². The molecule has 2 N–H and O–H groups in total. The van der Waals surface area contributed by atoms with Crippen LogP contribution < -0.4 is 10.5 Å². The Morgan fingerprint density at radius 2 is 2.12 bits per heavy atom. The molecule has 16 heavy (non-hydrogen) atoms. The fourth-order valence-electron chi connectivity index (χ4n) is 0.987. The van der Waals surface area contributed by atoms with Crippen LogP contribution in [0.5, 0.6) is 11.9 Å². The quantitative estimate of drug-likeness (QED) is 0.891. The van der Waals surface area contributed by atoms with Gasteiger partial charge in [-0.05, 0) is 6.07 Å². The Hall–Kier alpha value is -1.53. The predicted octanol–water partition coefficient (Wildman–Crippen LogP) is 1.89. The number of aryl methyl sites for hydroxylation is 1. The lowest BCUT2D eigenvalue weighted by Gasteiger charge is -2.04. The molecule has 0 saturated carbocycles. The molecule has 2 aromatic heterocycles. The van der Waals surface area contributed by atoms with Crippen molar-refractivity contribution in [1.82, 2.24) is 19.7 Å². The summed E-state index contributed by atoms with van der Waals surface area (Å²) in [5.74, 6) is 0.256. The molecule has 0 aliphatic carbocycles. The molecule has 0 saturated heterocycles. The molecule has 2 heterocycles. The summed E-state index contributed by atoms with van der Waals surface area (Å²) in [6, 6.07) is 1.59. The molecule has 0 spiro atoms. The summed E-state index contributed by atoms with van der Waals surface area (Å²) >= 11 is 11.6. The maximum Gasteiger partial charge on any atom is 0.342 e. The maximum absolute atomic E-state index is 5.87. The second-order valence-electron chi connectivity index (χ2n) is 2.95. The zero-order valence-corrected chi connectivity index (χ0v) is 9.70. The second kappa shape index (κ2) is 4.15. The molecule has 2 aromatic rings. The Kier molecular flexibility index (Phi) is 2.84. The van der Waals surface area contributed by atoms with Crippen LogP contribution >= 0.6 is 23.2 Å². The molecule has 0 amide bonds. The van der Waals surface area contributed by atoms with Gasteiger partial charge >= 0.3 is 6.01 Å². The first-order valence-electron chi connectivity index (χ1n) is 4.21. The molecule has 0 fully saturated rings. The number of hydrogen-bond donors (Lipinski definition) is 1. The van der Waals surface area contributed by atoms with E-state index in [0.29, 0.717) is 0 Å². The van der Waals surface area contributed by atoms with Crippen LogP contribution in [0.3, 0.4) is 0 Å². The minimum atomic E-state index is 0.120. The highest BCUT2D eigenvalue weighted by Gasteiger charge is 2.11. The SMILES string of the molecule is Cn1cnc(Oc2nc(N)c(Cl)cc2Cl)n1. The van der Waals surface area contributed by atoms with Crippen molar-refractivity contribution in [2.75, 3.05) is 5.73 Å². The van der Waals surface area contributed by atoms with Gasteiger partial charge < -0.3 is 10.5 Å². The minimum Gasteiger partial charge on any atom is -0.402 e. The topological polar surface area (TPSA) is 78.8 Å². The van der Waals surface area contributed by atoms with Crippen molar-refractivity contribution in [3.05, 3.63) is 22.4 Å². The van der Waals surface area contributed by atoms with Crippen LogP contribution in [0, 0.1) is 0 Å². The Balaban J connectivity index is 2.31. The van der Waals surface area contributed by atoms with Crippen molar-refractivity contribution in [1.29, 1.82) is 0 Å². The van der Waals surface area contributed by atoms with Crippen LogP contribution in [0.4, 0.5) is 5.82 Å². The maximum atomic E-state index is 5.87. The molecule has 84 valence electrons. The monoisotopic (exact) mass is 259 g/mol. The minimum absolute atomic E-state index is 0.120. The number of halogens is 2. The zero-order valence-electron chi connectivity index (χ0n) is 8.19. The van der Waals surface area contributed by atoms with Gasteiger partial charge in [-0.3, -0.25) is 4.68 Å². The van der Waals surface area contributed by atoms with Crippen molar-refractivity contribution in [2.24, 2.45) is 7.05 Å². The summed E-state index contributed by atoms with van der Waals surface area (Å²) in [5.41, 5.74) is 5.52. The predicted molar refractivity (Wildman–Crippen MR) is 59.7 cm³/mol. The number of nitrogens with two attached hydrogens (primary N) is 1. The molecule has 8 heteroatoms. The Labute approximate surface area is 101 Å². The van der Waals surface area contributed by atoms with Gasteiger partial charge in [0.15, 0.2) is 0 Å². The first kappa shape index (κ1) is 11.0. The van der Waals surface area contributed by atoms with Gasteiger partial charge in [0, 0.05) is 7.05 Å². The summed E-state index contributed by atoms with van der Waals surface area (Å²) in [6.07, 6.45) is 1.49. The molecule has 6 nitrogen and oxygen atoms in total. The normalized spacial score (nSPS) is 10.4. The van der Waals surface area contributed by atoms with Crippen LogP contribution in [0.2, 0.25) is 10.0 Å². The van der Waals surface area contributed by atoms with Gasteiger partial charge in [0.05, 0.1) is 5.02 Å². The molecule has 0 radical (unpaired) electrons. The van der Waals surface area contributed by atoms with Crippen LogP contribution in [-0.4, -0.2) is 19.7 Å². The first-order chi connectivity index (χ1) is 7.56. The lowest BCUT2D eigenvalue weighted by atomic mass is 10.4. The van der Waals surface area contributed by atoms with E-state index in [1.807, 2.05) is 0 Å². The average Bonchev–Trinajstić information content (AvgIpc) is 2.60. The number of nitrogen functional groups attached to an aromatic ring is 1. The Bertz CT molecular complexity index is 527. The average molecular weight is 260 g/mol. The molecular weight excluding hydrogens is 253 g/mol.